The summed E-state index contributed by atoms with van der Waals surface area (Å²) in [6.45, 7) is 2.39. The van der Waals surface area contributed by atoms with Gasteiger partial charge in [0.05, 0.1) is 15.5 Å². The van der Waals surface area contributed by atoms with Gasteiger partial charge in [-0.3, -0.25) is 0 Å². The number of rotatable bonds is 2. The van der Waals surface area contributed by atoms with Crippen LogP contribution in [0.1, 0.15) is 13.3 Å². The molecule has 1 aromatic rings. The highest BCUT2D eigenvalue weighted by atomic mass is 79.9. The van der Waals surface area contributed by atoms with Gasteiger partial charge in [0.1, 0.15) is 0 Å². The van der Waals surface area contributed by atoms with Crippen LogP contribution in [0.4, 0.5) is 5.69 Å². The van der Waals surface area contributed by atoms with Crippen LogP contribution in [0.5, 0.6) is 0 Å². The van der Waals surface area contributed by atoms with E-state index in [2.05, 4.69) is 15.9 Å². The molecule has 2 atom stereocenters. The monoisotopic (exact) mass is 382 g/mol. The zero-order valence-electron chi connectivity index (χ0n) is 10.9. The van der Waals surface area contributed by atoms with E-state index >= 15 is 0 Å². The minimum atomic E-state index is -3.68. The van der Waals surface area contributed by atoms with Crippen molar-refractivity contribution in [3.05, 3.63) is 21.6 Å². The topological polar surface area (TPSA) is 83.6 Å². The highest BCUT2D eigenvalue weighted by Crippen LogP contribution is 2.34. The first kappa shape index (κ1) is 16.0. The fraction of sp³-hybridized carbons (Fsp3) is 0.500. The molecule has 8 heteroatoms. The van der Waals surface area contributed by atoms with Crippen LogP contribution >= 0.6 is 27.5 Å². The van der Waals surface area contributed by atoms with Crippen molar-refractivity contribution in [2.45, 2.75) is 24.3 Å². The predicted octanol–water partition coefficient (Wildman–Crippen LogP) is 2.08. The van der Waals surface area contributed by atoms with E-state index in [0.29, 0.717) is 10.9 Å². The Hall–Kier alpha value is -0.340. The smallest absolute Gasteiger partial charge is 0.244 e. The molecule has 1 aliphatic rings. The van der Waals surface area contributed by atoms with Crippen molar-refractivity contribution >= 4 is 43.2 Å². The van der Waals surface area contributed by atoms with Gasteiger partial charge in [-0.1, -0.05) is 18.5 Å². The van der Waals surface area contributed by atoms with Gasteiger partial charge in [-0.2, -0.15) is 4.31 Å². The van der Waals surface area contributed by atoms with Crippen molar-refractivity contribution in [3.63, 3.8) is 0 Å². The lowest BCUT2D eigenvalue weighted by atomic mass is 9.99. The van der Waals surface area contributed by atoms with Crippen LogP contribution in [0.15, 0.2) is 21.5 Å². The lowest BCUT2D eigenvalue weighted by Gasteiger charge is -2.33. The first-order valence-electron chi connectivity index (χ1n) is 6.16. The van der Waals surface area contributed by atoms with E-state index in [9.17, 15) is 13.5 Å². The Morgan fingerprint density at radius 2 is 2.15 bits per heavy atom. The van der Waals surface area contributed by atoms with Gasteiger partial charge in [-0.15, -0.1) is 0 Å². The summed E-state index contributed by atoms with van der Waals surface area (Å²) in [6, 6.07) is 2.88. The third-order valence-corrected chi connectivity index (χ3v) is 6.73. The molecule has 0 radical (unpaired) electrons. The molecular weight excluding hydrogens is 368 g/mol. The van der Waals surface area contributed by atoms with Crippen LogP contribution in [0.25, 0.3) is 0 Å². The van der Waals surface area contributed by atoms with Gasteiger partial charge in [0.2, 0.25) is 10.0 Å². The maximum atomic E-state index is 12.7. The molecule has 0 bridgehead atoms. The molecule has 112 valence electrons. The first-order valence-corrected chi connectivity index (χ1v) is 8.77. The van der Waals surface area contributed by atoms with E-state index in [1.165, 1.54) is 16.4 Å². The Balaban J connectivity index is 2.41. The molecule has 0 aromatic heterocycles. The summed E-state index contributed by atoms with van der Waals surface area (Å²) in [6.07, 6.45) is -0.0389. The summed E-state index contributed by atoms with van der Waals surface area (Å²) in [4.78, 5) is 0.0612. The maximum Gasteiger partial charge on any atom is 0.244 e. The number of aliphatic hydroxyl groups excluding tert-OH is 1. The average molecular weight is 384 g/mol. The number of anilines is 1. The molecule has 2 rings (SSSR count). The molecule has 5 nitrogen and oxygen atoms in total. The highest BCUT2D eigenvalue weighted by molar-refractivity contribution is 9.10. The maximum absolute atomic E-state index is 12.7. The number of benzene rings is 1. The second kappa shape index (κ2) is 5.81. The number of nitrogens with two attached hydrogens (primary N) is 1. The van der Waals surface area contributed by atoms with Gasteiger partial charge in [0, 0.05) is 23.8 Å². The van der Waals surface area contributed by atoms with Crippen LogP contribution in [0.3, 0.4) is 0 Å². The first-order chi connectivity index (χ1) is 9.23. The summed E-state index contributed by atoms with van der Waals surface area (Å²) in [5.41, 5.74) is 6.02. The summed E-state index contributed by atoms with van der Waals surface area (Å²) < 4.78 is 27.0. The molecule has 0 saturated carbocycles. The molecule has 0 aliphatic carbocycles. The Morgan fingerprint density at radius 3 is 2.75 bits per heavy atom. The largest absolute Gasteiger partial charge is 0.398 e. The number of hydrogen-bond donors (Lipinski definition) is 2. The van der Waals surface area contributed by atoms with Crippen LogP contribution in [0.2, 0.25) is 5.02 Å². The lowest BCUT2D eigenvalue weighted by Crippen LogP contribution is -2.44. The van der Waals surface area contributed by atoms with Gasteiger partial charge in [0.25, 0.3) is 0 Å². The molecule has 1 aliphatic heterocycles. The summed E-state index contributed by atoms with van der Waals surface area (Å²) in [5.74, 6) is -0.103. The molecule has 3 N–H and O–H groups in total. The van der Waals surface area contributed by atoms with Crippen LogP contribution < -0.4 is 5.73 Å². The molecule has 1 saturated heterocycles. The van der Waals surface area contributed by atoms with Crippen LogP contribution in [-0.2, 0) is 10.0 Å². The van der Waals surface area contributed by atoms with Crippen molar-refractivity contribution in [2.75, 3.05) is 18.8 Å². The Labute approximate surface area is 131 Å². The van der Waals surface area contributed by atoms with Crippen molar-refractivity contribution in [3.8, 4) is 0 Å². The van der Waals surface area contributed by atoms with Gasteiger partial charge < -0.3 is 10.8 Å². The van der Waals surface area contributed by atoms with E-state index in [4.69, 9.17) is 17.3 Å². The third-order valence-electron chi connectivity index (χ3n) is 3.47. The number of hydrogen-bond acceptors (Lipinski definition) is 4. The molecule has 0 amide bonds. The fourth-order valence-electron chi connectivity index (χ4n) is 2.22. The number of nitrogen functional groups attached to an aromatic ring is 1. The van der Waals surface area contributed by atoms with Crippen molar-refractivity contribution < 1.29 is 13.5 Å². The molecular formula is C12H16BrClN2O3S. The summed E-state index contributed by atoms with van der Waals surface area (Å²) in [5, 5.41) is 9.98. The zero-order chi connectivity index (χ0) is 15.1. The zero-order valence-corrected chi connectivity index (χ0v) is 14.0. The molecule has 20 heavy (non-hydrogen) atoms. The molecule has 1 heterocycles. The molecule has 0 spiro atoms. The van der Waals surface area contributed by atoms with Crippen molar-refractivity contribution in [1.29, 1.82) is 0 Å². The lowest BCUT2D eigenvalue weighted by molar-refractivity contribution is 0.0628. The molecule has 1 aromatic carbocycles. The van der Waals surface area contributed by atoms with Gasteiger partial charge in [0.15, 0.2) is 0 Å². The quantitative estimate of drug-likeness (QED) is 0.766. The summed E-state index contributed by atoms with van der Waals surface area (Å²) in [7, 11) is -3.68. The van der Waals surface area contributed by atoms with Gasteiger partial charge >= 0.3 is 0 Å². The van der Waals surface area contributed by atoms with E-state index in [1.807, 2.05) is 6.92 Å². The minimum Gasteiger partial charge on any atom is -0.398 e. The van der Waals surface area contributed by atoms with Crippen LogP contribution in [-0.4, -0.2) is 37.0 Å². The predicted molar refractivity (Wildman–Crippen MR) is 82.1 cm³/mol. The normalized spacial score (nSPS) is 24.8. The van der Waals surface area contributed by atoms with Crippen LogP contribution in [0, 0.1) is 5.92 Å². The second-order valence-corrected chi connectivity index (χ2v) is 8.14. The van der Waals surface area contributed by atoms with Gasteiger partial charge in [-0.05, 0) is 40.4 Å². The Kier molecular flexibility index (Phi) is 4.66. The highest BCUT2D eigenvalue weighted by Gasteiger charge is 2.34. The van der Waals surface area contributed by atoms with E-state index in [1.54, 1.807) is 0 Å². The second-order valence-electron chi connectivity index (χ2n) is 5.00. The molecule has 2 unspecified atom stereocenters. The Bertz CT molecular complexity index is 623. The number of halogens is 2. The number of nitrogens with zero attached hydrogens (tertiary/aromatic N) is 1. The van der Waals surface area contributed by atoms with E-state index < -0.39 is 16.1 Å². The minimum absolute atomic E-state index is 0.0612. The number of sulfonamides is 1. The van der Waals surface area contributed by atoms with E-state index in [0.717, 1.165) is 0 Å². The summed E-state index contributed by atoms with van der Waals surface area (Å²) >= 11 is 9.10. The van der Waals surface area contributed by atoms with Crippen molar-refractivity contribution in [1.82, 2.24) is 4.31 Å². The average Bonchev–Trinajstić information content (AvgIpc) is 2.36. The van der Waals surface area contributed by atoms with Crippen molar-refractivity contribution in [2.24, 2.45) is 5.92 Å². The number of aliphatic hydroxyl groups is 1. The number of piperidine rings is 1. The Morgan fingerprint density at radius 1 is 1.50 bits per heavy atom. The molecule has 1 fully saturated rings. The van der Waals surface area contributed by atoms with E-state index in [-0.39, 0.29) is 34.6 Å². The SMILES string of the molecule is CC1CN(S(=O)(=O)c2cc(Cl)cc(N)c2Br)CCC1O. The standard InChI is InChI=1S/C12H16BrClN2O3S/c1-7-6-16(3-2-10(7)17)20(18,19)11-5-8(14)4-9(15)12(11)13/h4-5,7,10,17H,2-3,6,15H2,1H3. The van der Waals surface area contributed by atoms with Gasteiger partial charge in [-0.25, -0.2) is 8.42 Å². The fourth-order valence-corrected chi connectivity index (χ4v) is 5.03. The third kappa shape index (κ3) is 2.96.